The summed E-state index contributed by atoms with van der Waals surface area (Å²) < 4.78 is 0. The average Bonchev–Trinajstić information content (AvgIpc) is 2.80. The summed E-state index contributed by atoms with van der Waals surface area (Å²) in [6, 6.07) is -0.415. The van der Waals surface area contributed by atoms with Crippen molar-refractivity contribution in [2.24, 2.45) is 5.92 Å². The third-order valence-corrected chi connectivity index (χ3v) is 5.48. The molecular formula is C16H25N3O3. The van der Waals surface area contributed by atoms with E-state index >= 15 is 0 Å². The van der Waals surface area contributed by atoms with Crippen LogP contribution in [-0.4, -0.2) is 41.4 Å². The largest absolute Gasteiger partial charge is 0.342 e. The Balaban J connectivity index is 1.45. The van der Waals surface area contributed by atoms with E-state index in [9.17, 15) is 14.4 Å². The molecule has 0 aromatic carbocycles. The second kappa shape index (κ2) is 6.26. The summed E-state index contributed by atoms with van der Waals surface area (Å²) in [4.78, 5) is 37.3. The van der Waals surface area contributed by atoms with Crippen molar-refractivity contribution in [2.45, 2.75) is 63.3 Å². The minimum atomic E-state index is -0.781. The van der Waals surface area contributed by atoms with Crippen LogP contribution in [0.25, 0.3) is 0 Å². The van der Waals surface area contributed by atoms with Crippen molar-refractivity contribution < 1.29 is 14.4 Å². The summed E-state index contributed by atoms with van der Waals surface area (Å²) in [7, 11) is 0. The monoisotopic (exact) mass is 307 g/mol. The molecule has 2 aliphatic heterocycles. The first-order valence-corrected chi connectivity index (χ1v) is 8.50. The summed E-state index contributed by atoms with van der Waals surface area (Å²) in [5.74, 6) is 0.672. The fourth-order valence-corrected chi connectivity index (χ4v) is 3.98. The van der Waals surface area contributed by atoms with Crippen molar-refractivity contribution in [3.05, 3.63) is 0 Å². The lowest BCUT2D eigenvalue weighted by Crippen LogP contribution is -2.55. The van der Waals surface area contributed by atoms with Crippen molar-refractivity contribution in [3.8, 4) is 0 Å². The first-order chi connectivity index (χ1) is 10.6. The van der Waals surface area contributed by atoms with E-state index in [0.29, 0.717) is 38.3 Å². The van der Waals surface area contributed by atoms with Gasteiger partial charge in [0.15, 0.2) is 0 Å². The molecular weight excluding hydrogens is 282 g/mol. The second-order valence-corrected chi connectivity index (χ2v) is 6.91. The van der Waals surface area contributed by atoms with Gasteiger partial charge in [0.05, 0.1) is 0 Å². The standard InChI is InChI=1S/C16H25N3O3/c20-13(7-6-12-4-2-1-3-5-12)19-10-8-16(9-11-19)14(21)17-15(22)18-16/h12H,1-11H2,(H2,17,18,21,22). The van der Waals surface area contributed by atoms with Gasteiger partial charge in [0.2, 0.25) is 5.91 Å². The zero-order valence-corrected chi connectivity index (χ0v) is 13.0. The van der Waals surface area contributed by atoms with E-state index in [1.54, 1.807) is 0 Å². The minimum Gasteiger partial charge on any atom is -0.342 e. The van der Waals surface area contributed by atoms with Crippen molar-refractivity contribution in [2.75, 3.05) is 13.1 Å². The molecule has 0 aromatic rings. The Bertz CT molecular complexity index is 463. The molecule has 6 nitrogen and oxygen atoms in total. The molecule has 1 saturated carbocycles. The summed E-state index contributed by atoms with van der Waals surface area (Å²) in [6.07, 6.45) is 9.13. The Morgan fingerprint density at radius 1 is 1.14 bits per heavy atom. The Morgan fingerprint density at radius 3 is 2.41 bits per heavy atom. The summed E-state index contributed by atoms with van der Waals surface area (Å²) in [5, 5.41) is 5.02. The van der Waals surface area contributed by atoms with Gasteiger partial charge in [-0.2, -0.15) is 0 Å². The normalized spacial score (nSPS) is 25.2. The van der Waals surface area contributed by atoms with E-state index in [0.717, 1.165) is 6.42 Å². The zero-order valence-electron chi connectivity index (χ0n) is 13.0. The van der Waals surface area contributed by atoms with Crippen molar-refractivity contribution in [3.63, 3.8) is 0 Å². The molecule has 22 heavy (non-hydrogen) atoms. The Morgan fingerprint density at radius 2 is 1.82 bits per heavy atom. The van der Waals surface area contributed by atoms with Crippen LogP contribution in [-0.2, 0) is 9.59 Å². The lowest BCUT2D eigenvalue weighted by molar-refractivity contribution is -0.136. The van der Waals surface area contributed by atoms with E-state index in [1.807, 2.05) is 4.90 Å². The molecule has 3 fully saturated rings. The van der Waals surface area contributed by atoms with E-state index in [1.165, 1.54) is 32.1 Å². The predicted octanol–water partition coefficient (Wildman–Crippen LogP) is 1.55. The van der Waals surface area contributed by atoms with E-state index in [-0.39, 0.29) is 11.8 Å². The highest BCUT2D eigenvalue weighted by molar-refractivity contribution is 6.07. The van der Waals surface area contributed by atoms with E-state index < -0.39 is 11.6 Å². The Labute approximate surface area is 131 Å². The summed E-state index contributed by atoms with van der Waals surface area (Å²) in [5.41, 5.74) is -0.781. The predicted molar refractivity (Wildman–Crippen MR) is 81.0 cm³/mol. The van der Waals surface area contributed by atoms with Gasteiger partial charge in [-0.25, -0.2) is 4.79 Å². The molecule has 0 atom stereocenters. The number of rotatable bonds is 3. The SMILES string of the molecule is O=C1NC(=O)C2(CCN(C(=O)CCC3CCCCC3)CC2)N1. The molecule has 1 spiro atoms. The van der Waals surface area contributed by atoms with Crippen LogP contribution in [0.1, 0.15) is 57.8 Å². The number of carbonyl (C=O) groups is 3. The van der Waals surface area contributed by atoms with Crippen LogP contribution >= 0.6 is 0 Å². The molecule has 122 valence electrons. The van der Waals surface area contributed by atoms with Crippen molar-refractivity contribution in [1.29, 1.82) is 0 Å². The molecule has 6 heteroatoms. The molecule has 2 heterocycles. The number of carbonyl (C=O) groups excluding carboxylic acids is 3. The van der Waals surface area contributed by atoms with Gasteiger partial charge in [0, 0.05) is 19.5 Å². The first kappa shape index (κ1) is 15.3. The summed E-state index contributed by atoms with van der Waals surface area (Å²) >= 11 is 0. The van der Waals surface area contributed by atoms with Crippen LogP contribution in [0.5, 0.6) is 0 Å². The average molecular weight is 307 g/mol. The van der Waals surface area contributed by atoms with Gasteiger partial charge in [0.1, 0.15) is 5.54 Å². The van der Waals surface area contributed by atoms with Crippen LogP contribution in [0.2, 0.25) is 0 Å². The molecule has 2 saturated heterocycles. The van der Waals surface area contributed by atoms with Crippen LogP contribution in [0.4, 0.5) is 4.79 Å². The van der Waals surface area contributed by atoms with Gasteiger partial charge in [-0.3, -0.25) is 14.9 Å². The van der Waals surface area contributed by atoms with Gasteiger partial charge < -0.3 is 10.2 Å². The maximum Gasteiger partial charge on any atom is 0.322 e. The Kier molecular flexibility index (Phi) is 4.36. The van der Waals surface area contributed by atoms with Gasteiger partial charge in [0.25, 0.3) is 5.91 Å². The molecule has 3 rings (SSSR count). The highest BCUT2D eigenvalue weighted by atomic mass is 16.2. The number of piperidine rings is 1. The molecule has 3 aliphatic rings. The number of nitrogens with one attached hydrogen (secondary N) is 2. The van der Waals surface area contributed by atoms with Gasteiger partial charge in [-0.1, -0.05) is 32.1 Å². The molecule has 0 radical (unpaired) electrons. The third kappa shape index (κ3) is 3.10. The quantitative estimate of drug-likeness (QED) is 0.776. The number of hydrogen-bond donors (Lipinski definition) is 2. The van der Waals surface area contributed by atoms with Crippen LogP contribution in [0, 0.1) is 5.92 Å². The number of nitrogens with zero attached hydrogens (tertiary/aromatic N) is 1. The number of urea groups is 1. The molecule has 4 amide bonds. The topological polar surface area (TPSA) is 78.5 Å². The molecule has 0 aromatic heterocycles. The van der Waals surface area contributed by atoms with Gasteiger partial charge in [-0.05, 0) is 25.2 Å². The zero-order chi connectivity index (χ0) is 15.6. The number of amides is 4. The smallest absolute Gasteiger partial charge is 0.322 e. The Hall–Kier alpha value is -1.59. The third-order valence-electron chi connectivity index (χ3n) is 5.48. The van der Waals surface area contributed by atoms with Gasteiger partial charge in [-0.15, -0.1) is 0 Å². The maximum atomic E-state index is 12.3. The maximum absolute atomic E-state index is 12.3. The number of likely N-dealkylation sites (tertiary alicyclic amines) is 1. The van der Waals surface area contributed by atoms with Crippen LogP contribution < -0.4 is 10.6 Å². The van der Waals surface area contributed by atoms with Crippen LogP contribution in [0.15, 0.2) is 0 Å². The highest BCUT2D eigenvalue weighted by Gasteiger charge is 2.48. The molecule has 1 aliphatic carbocycles. The minimum absolute atomic E-state index is 0.199. The summed E-state index contributed by atoms with van der Waals surface area (Å²) in [6.45, 7) is 1.11. The lowest BCUT2D eigenvalue weighted by atomic mass is 9.85. The first-order valence-electron chi connectivity index (χ1n) is 8.50. The number of imide groups is 1. The van der Waals surface area contributed by atoms with Crippen molar-refractivity contribution >= 4 is 17.8 Å². The van der Waals surface area contributed by atoms with Crippen LogP contribution in [0.3, 0.4) is 0 Å². The fraction of sp³-hybridized carbons (Fsp3) is 0.812. The number of hydrogen-bond acceptors (Lipinski definition) is 3. The fourth-order valence-electron chi connectivity index (χ4n) is 3.98. The highest BCUT2D eigenvalue weighted by Crippen LogP contribution is 2.29. The second-order valence-electron chi connectivity index (χ2n) is 6.91. The lowest BCUT2D eigenvalue weighted by Gasteiger charge is -2.37. The van der Waals surface area contributed by atoms with Crippen molar-refractivity contribution in [1.82, 2.24) is 15.5 Å². The van der Waals surface area contributed by atoms with E-state index in [2.05, 4.69) is 10.6 Å². The van der Waals surface area contributed by atoms with Gasteiger partial charge >= 0.3 is 6.03 Å². The molecule has 0 bridgehead atoms. The molecule has 0 unspecified atom stereocenters. The van der Waals surface area contributed by atoms with E-state index in [4.69, 9.17) is 0 Å². The molecule has 2 N–H and O–H groups in total.